The molecular weight excluding hydrogens is 308 g/mol. The Balaban J connectivity index is 2.74. The molecule has 6 N–H and O–H groups in total. The van der Waals surface area contributed by atoms with Crippen molar-refractivity contribution in [3.05, 3.63) is 34.2 Å². The SMILES string of the molecule is [N-]=[N+]=Nc1ccc(CNC(C=O)C(O)C(O)C(O)CO)c(O)c1. The Kier molecular flexibility index (Phi) is 7.42. The lowest BCUT2D eigenvalue weighted by Gasteiger charge is -2.26. The first-order chi connectivity index (χ1) is 10.9. The van der Waals surface area contributed by atoms with Gasteiger partial charge in [-0.15, -0.1) is 0 Å². The first-order valence-electron chi connectivity index (χ1n) is 6.65. The molecule has 10 nitrogen and oxygen atoms in total. The zero-order valence-electron chi connectivity index (χ0n) is 12.0. The Hall–Kier alpha value is -2.20. The van der Waals surface area contributed by atoms with Crippen molar-refractivity contribution in [1.82, 2.24) is 5.32 Å². The van der Waals surface area contributed by atoms with Gasteiger partial charge in [0.2, 0.25) is 0 Å². The normalized spacial score (nSPS) is 16.0. The number of aromatic hydroxyl groups is 1. The molecule has 4 unspecified atom stereocenters. The molecule has 0 heterocycles. The van der Waals surface area contributed by atoms with E-state index in [2.05, 4.69) is 15.3 Å². The van der Waals surface area contributed by atoms with Crippen molar-refractivity contribution >= 4 is 12.0 Å². The lowest BCUT2D eigenvalue weighted by molar-refractivity contribution is -0.120. The lowest BCUT2D eigenvalue weighted by atomic mass is 10.0. The van der Waals surface area contributed by atoms with E-state index in [4.69, 9.17) is 10.6 Å². The fraction of sp³-hybridized carbons (Fsp3) is 0.462. The summed E-state index contributed by atoms with van der Waals surface area (Å²) >= 11 is 0. The minimum Gasteiger partial charge on any atom is -0.508 e. The van der Waals surface area contributed by atoms with Gasteiger partial charge in [0.05, 0.1) is 12.6 Å². The molecule has 0 saturated heterocycles. The number of nitrogens with one attached hydrogen (secondary N) is 1. The quantitative estimate of drug-likeness (QED) is 0.147. The number of aldehydes is 1. The number of phenols is 1. The molecule has 0 saturated carbocycles. The Morgan fingerprint density at radius 3 is 2.52 bits per heavy atom. The molecule has 1 aromatic rings. The second kappa shape index (κ2) is 9.06. The maximum Gasteiger partial charge on any atom is 0.139 e. The highest BCUT2D eigenvalue weighted by Gasteiger charge is 2.30. The largest absolute Gasteiger partial charge is 0.508 e. The maximum atomic E-state index is 11.0. The van der Waals surface area contributed by atoms with Gasteiger partial charge in [-0.05, 0) is 11.6 Å². The van der Waals surface area contributed by atoms with Crippen LogP contribution in [0.25, 0.3) is 10.4 Å². The van der Waals surface area contributed by atoms with Crippen molar-refractivity contribution in [3.8, 4) is 5.75 Å². The summed E-state index contributed by atoms with van der Waals surface area (Å²) in [7, 11) is 0. The molecular formula is C13H18N4O6. The molecule has 0 aliphatic heterocycles. The zero-order chi connectivity index (χ0) is 17.4. The molecule has 0 radical (unpaired) electrons. The second-order valence-electron chi connectivity index (χ2n) is 4.78. The summed E-state index contributed by atoms with van der Waals surface area (Å²) in [5.41, 5.74) is 8.87. The van der Waals surface area contributed by atoms with E-state index >= 15 is 0 Å². The molecule has 23 heavy (non-hydrogen) atoms. The molecule has 0 aliphatic rings. The fourth-order valence-corrected chi connectivity index (χ4v) is 1.84. The summed E-state index contributed by atoms with van der Waals surface area (Å²) in [6.07, 6.45) is -4.63. The Morgan fingerprint density at radius 2 is 2.00 bits per heavy atom. The van der Waals surface area contributed by atoms with Crippen LogP contribution in [0.5, 0.6) is 5.75 Å². The Bertz CT molecular complexity index is 578. The zero-order valence-corrected chi connectivity index (χ0v) is 12.0. The van der Waals surface area contributed by atoms with Crippen molar-refractivity contribution in [2.75, 3.05) is 6.61 Å². The van der Waals surface area contributed by atoms with E-state index in [-0.39, 0.29) is 18.0 Å². The van der Waals surface area contributed by atoms with E-state index in [0.29, 0.717) is 11.8 Å². The van der Waals surface area contributed by atoms with Crippen LogP contribution in [0.15, 0.2) is 23.3 Å². The van der Waals surface area contributed by atoms with E-state index in [1.165, 1.54) is 18.2 Å². The van der Waals surface area contributed by atoms with Crippen LogP contribution in [0.1, 0.15) is 5.56 Å². The minimum absolute atomic E-state index is 0.0369. The second-order valence-corrected chi connectivity index (χ2v) is 4.78. The van der Waals surface area contributed by atoms with Gasteiger partial charge >= 0.3 is 0 Å². The van der Waals surface area contributed by atoms with Gasteiger partial charge in [0.1, 0.15) is 30.3 Å². The Morgan fingerprint density at radius 1 is 1.30 bits per heavy atom. The number of rotatable bonds is 9. The number of carbonyl (C=O) groups is 1. The van der Waals surface area contributed by atoms with Gasteiger partial charge in [-0.1, -0.05) is 17.2 Å². The number of aliphatic hydroxyl groups is 4. The van der Waals surface area contributed by atoms with E-state index in [9.17, 15) is 25.2 Å². The van der Waals surface area contributed by atoms with Crippen LogP contribution in [0.3, 0.4) is 0 Å². The number of hydrogen-bond donors (Lipinski definition) is 6. The van der Waals surface area contributed by atoms with Crippen molar-refractivity contribution in [1.29, 1.82) is 0 Å². The number of phenolic OH excluding ortho intramolecular Hbond substituents is 1. The van der Waals surface area contributed by atoms with Gasteiger partial charge in [0.25, 0.3) is 0 Å². The van der Waals surface area contributed by atoms with Crippen LogP contribution in [0, 0.1) is 0 Å². The van der Waals surface area contributed by atoms with E-state index in [1.54, 1.807) is 0 Å². The van der Waals surface area contributed by atoms with Gasteiger partial charge in [-0.25, -0.2) is 0 Å². The van der Waals surface area contributed by atoms with Crippen LogP contribution in [0.4, 0.5) is 5.69 Å². The number of aliphatic hydroxyl groups excluding tert-OH is 4. The summed E-state index contributed by atoms with van der Waals surface area (Å²) in [4.78, 5) is 13.6. The highest BCUT2D eigenvalue weighted by Crippen LogP contribution is 2.24. The topological polar surface area (TPSA) is 179 Å². The summed E-state index contributed by atoms with van der Waals surface area (Å²) < 4.78 is 0. The summed E-state index contributed by atoms with van der Waals surface area (Å²) in [6, 6.07) is 2.91. The predicted molar refractivity (Wildman–Crippen MR) is 78.7 cm³/mol. The van der Waals surface area contributed by atoms with Crippen molar-refractivity contribution in [2.45, 2.75) is 30.9 Å². The molecule has 126 valence electrons. The summed E-state index contributed by atoms with van der Waals surface area (Å²) in [6.45, 7) is -0.809. The van der Waals surface area contributed by atoms with E-state index in [0.717, 1.165) is 0 Å². The van der Waals surface area contributed by atoms with Crippen molar-refractivity contribution < 1.29 is 30.3 Å². The number of azide groups is 1. The first-order valence-corrected chi connectivity index (χ1v) is 6.65. The number of benzene rings is 1. The first kappa shape index (κ1) is 18.8. The molecule has 4 atom stereocenters. The highest BCUT2D eigenvalue weighted by atomic mass is 16.4. The van der Waals surface area contributed by atoms with Crippen LogP contribution in [0.2, 0.25) is 0 Å². The number of nitrogens with zero attached hydrogens (tertiary/aromatic N) is 3. The molecule has 0 amide bonds. The van der Waals surface area contributed by atoms with E-state index < -0.39 is 31.0 Å². The van der Waals surface area contributed by atoms with Gasteiger partial charge < -0.3 is 35.6 Å². The number of hydrogen-bond acceptors (Lipinski definition) is 8. The van der Waals surface area contributed by atoms with Crippen molar-refractivity contribution in [3.63, 3.8) is 0 Å². The molecule has 0 aliphatic carbocycles. The molecule has 1 aromatic carbocycles. The Labute approximate surface area is 131 Å². The average molecular weight is 326 g/mol. The molecule has 0 bridgehead atoms. The van der Waals surface area contributed by atoms with Crippen LogP contribution in [-0.4, -0.2) is 62.8 Å². The third kappa shape index (κ3) is 5.18. The standard InChI is InChI=1S/C13H18N4O6/c14-17-16-8-2-1-7(10(20)3-8)4-15-9(5-18)12(22)13(23)11(21)6-19/h1-3,5,9,11-13,15,19-23H,4,6H2. The molecule has 1 rings (SSSR count). The van der Waals surface area contributed by atoms with Gasteiger partial charge in [0.15, 0.2) is 0 Å². The van der Waals surface area contributed by atoms with Crippen LogP contribution in [-0.2, 0) is 11.3 Å². The van der Waals surface area contributed by atoms with E-state index in [1.807, 2.05) is 0 Å². The molecule has 0 aromatic heterocycles. The summed E-state index contributed by atoms with van der Waals surface area (Å²) in [5.74, 6) is -0.183. The predicted octanol–water partition coefficient (Wildman–Crippen LogP) is -0.934. The number of carbonyl (C=O) groups excluding carboxylic acids is 1. The lowest BCUT2D eigenvalue weighted by Crippen LogP contribution is -2.51. The third-order valence-corrected chi connectivity index (χ3v) is 3.20. The monoisotopic (exact) mass is 326 g/mol. The van der Waals surface area contributed by atoms with Gasteiger partial charge in [-0.2, -0.15) is 0 Å². The summed E-state index contributed by atoms with van der Waals surface area (Å²) in [5, 5.41) is 53.1. The fourth-order valence-electron chi connectivity index (χ4n) is 1.84. The van der Waals surface area contributed by atoms with Crippen molar-refractivity contribution in [2.24, 2.45) is 5.11 Å². The van der Waals surface area contributed by atoms with Gasteiger partial charge in [0, 0.05) is 22.7 Å². The van der Waals surface area contributed by atoms with Gasteiger partial charge in [-0.3, -0.25) is 0 Å². The smallest absolute Gasteiger partial charge is 0.139 e. The average Bonchev–Trinajstić information content (AvgIpc) is 2.55. The van der Waals surface area contributed by atoms with Crippen LogP contribution < -0.4 is 5.32 Å². The maximum absolute atomic E-state index is 11.0. The highest BCUT2D eigenvalue weighted by molar-refractivity contribution is 5.59. The molecule has 0 fully saturated rings. The molecule has 10 heteroatoms. The third-order valence-electron chi connectivity index (χ3n) is 3.20. The minimum atomic E-state index is -1.72. The molecule has 0 spiro atoms. The van der Waals surface area contributed by atoms with Crippen LogP contribution >= 0.6 is 0 Å².